The van der Waals surface area contributed by atoms with E-state index in [-0.39, 0.29) is 24.1 Å². The number of imide groups is 1. The van der Waals surface area contributed by atoms with Gasteiger partial charge in [-0.25, -0.2) is 0 Å². The highest BCUT2D eigenvalue weighted by Gasteiger charge is 2.39. The van der Waals surface area contributed by atoms with Crippen molar-refractivity contribution in [3.8, 4) is 0 Å². The molecule has 5 rings (SSSR count). The van der Waals surface area contributed by atoms with E-state index in [4.69, 9.17) is 0 Å². The number of piperidine rings is 2. The average Bonchev–Trinajstić information content (AvgIpc) is 2.94. The van der Waals surface area contributed by atoms with Gasteiger partial charge in [-0.05, 0) is 49.0 Å². The number of amides is 3. The van der Waals surface area contributed by atoms with E-state index in [1.54, 1.807) is 4.90 Å². The fraction of sp³-hybridized carbons (Fsp3) is 0.550. The number of nitrogens with zero attached hydrogens (tertiary/aromatic N) is 2. The minimum absolute atomic E-state index is 0.0966. The lowest BCUT2D eigenvalue weighted by Gasteiger charge is -2.46. The summed E-state index contributed by atoms with van der Waals surface area (Å²) in [5, 5.41) is 5.84. The molecule has 0 spiro atoms. The molecule has 2 N–H and O–H groups in total. The number of fused-ring (bicyclic) bond motifs is 2. The van der Waals surface area contributed by atoms with E-state index in [1.807, 2.05) is 12.1 Å². The van der Waals surface area contributed by atoms with Crippen LogP contribution in [-0.2, 0) is 22.7 Å². The van der Waals surface area contributed by atoms with Crippen molar-refractivity contribution in [3.05, 3.63) is 34.9 Å². The van der Waals surface area contributed by atoms with Crippen LogP contribution in [0.25, 0.3) is 0 Å². The SMILES string of the molecule is O=C1CCC(N2Cc3ccc(CN4CCC5CNC5C4)cc3C2=O)C(=O)N1. The van der Waals surface area contributed by atoms with Gasteiger partial charge in [-0.2, -0.15) is 0 Å². The van der Waals surface area contributed by atoms with E-state index >= 15 is 0 Å². The number of benzene rings is 1. The first-order valence-electron chi connectivity index (χ1n) is 9.81. The Bertz CT molecular complexity index is 823. The summed E-state index contributed by atoms with van der Waals surface area (Å²) in [4.78, 5) is 40.5. The van der Waals surface area contributed by atoms with E-state index in [0.717, 1.165) is 43.2 Å². The molecule has 0 aromatic heterocycles. The molecular weight excluding hydrogens is 344 g/mol. The van der Waals surface area contributed by atoms with Crippen LogP contribution in [0, 0.1) is 5.92 Å². The summed E-state index contributed by atoms with van der Waals surface area (Å²) in [6, 6.07) is 6.18. The second kappa shape index (κ2) is 6.42. The fourth-order valence-corrected chi connectivity index (χ4v) is 4.79. The Labute approximate surface area is 158 Å². The van der Waals surface area contributed by atoms with Gasteiger partial charge >= 0.3 is 0 Å². The van der Waals surface area contributed by atoms with Gasteiger partial charge in [-0.15, -0.1) is 0 Å². The van der Waals surface area contributed by atoms with E-state index < -0.39 is 6.04 Å². The van der Waals surface area contributed by atoms with Gasteiger partial charge in [0.25, 0.3) is 5.91 Å². The third-order valence-electron chi connectivity index (χ3n) is 6.48. The van der Waals surface area contributed by atoms with Crippen LogP contribution < -0.4 is 10.6 Å². The van der Waals surface area contributed by atoms with Crippen LogP contribution in [0.15, 0.2) is 18.2 Å². The molecule has 0 aliphatic carbocycles. The standard InChI is InChI=1S/C20H24N4O3/c25-18-4-3-17(19(26)22-18)24-10-14-2-1-12(7-15(14)20(24)27)9-23-6-5-13-8-21-16(13)11-23/h1-2,7,13,16-17,21H,3-6,8-11H2,(H,22,25,26). The predicted molar refractivity (Wildman–Crippen MR) is 97.7 cm³/mol. The van der Waals surface area contributed by atoms with Crippen molar-refractivity contribution in [2.75, 3.05) is 19.6 Å². The first-order chi connectivity index (χ1) is 13.1. The normalized spacial score (nSPS) is 30.6. The maximum absolute atomic E-state index is 12.9. The Morgan fingerprint density at radius 3 is 2.78 bits per heavy atom. The molecule has 0 saturated carbocycles. The van der Waals surface area contributed by atoms with Gasteiger partial charge in [-0.3, -0.25) is 24.6 Å². The number of hydrogen-bond acceptors (Lipinski definition) is 5. The lowest BCUT2D eigenvalue weighted by Crippen LogP contribution is -2.61. The molecule has 27 heavy (non-hydrogen) atoms. The summed E-state index contributed by atoms with van der Waals surface area (Å²) in [5.41, 5.74) is 2.81. The monoisotopic (exact) mass is 368 g/mol. The maximum Gasteiger partial charge on any atom is 0.255 e. The molecule has 4 aliphatic rings. The molecular formula is C20H24N4O3. The molecule has 1 aromatic rings. The molecule has 1 aromatic carbocycles. The number of likely N-dealkylation sites (tertiary alicyclic amines) is 1. The van der Waals surface area contributed by atoms with Crippen molar-refractivity contribution in [3.63, 3.8) is 0 Å². The van der Waals surface area contributed by atoms with Crippen LogP contribution in [0.3, 0.4) is 0 Å². The van der Waals surface area contributed by atoms with E-state index in [9.17, 15) is 14.4 Å². The zero-order valence-electron chi connectivity index (χ0n) is 15.2. The molecule has 3 atom stereocenters. The van der Waals surface area contributed by atoms with Crippen molar-refractivity contribution in [1.82, 2.24) is 20.4 Å². The zero-order valence-corrected chi connectivity index (χ0v) is 15.2. The summed E-state index contributed by atoms with van der Waals surface area (Å²) < 4.78 is 0. The number of carbonyl (C=O) groups excluding carboxylic acids is 3. The molecule has 4 heterocycles. The van der Waals surface area contributed by atoms with Gasteiger partial charge in [0.15, 0.2) is 0 Å². The molecule has 7 heteroatoms. The smallest absolute Gasteiger partial charge is 0.255 e. The van der Waals surface area contributed by atoms with E-state index in [2.05, 4.69) is 21.6 Å². The lowest BCUT2D eigenvalue weighted by atomic mass is 9.85. The Kier molecular flexibility index (Phi) is 4.02. The van der Waals surface area contributed by atoms with Gasteiger partial charge < -0.3 is 10.2 Å². The number of nitrogens with one attached hydrogen (secondary N) is 2. The first kappa shape index (κ1) is 16.9. The number of rotatable bonds is 3. The Morgan fingerprint density at radius 2 is 2.04 bits per heavy atom. The Balaban J connectivity index is 1.29. The molecule has 0 radical (unpaired) electrons. The van der Waals surface area contributed by atoms with Crippen LogP contribution in [0.5, 0.6) is 0 Å². The van der Waals surface area contributed by atoms with Crippen molar-refractivity contribution >= 4 is 17.7 Å². The summed E-state index contributed by atoms with van der Waals surface area (Å²) in [7, 11) is 0. The van der Waals surface area contributed by atoms with Gasteiger partial charge in [0, 0.05) is 37.7 Å². The molecule has 7 nitrogen and oxygen atoms in total. The molecule has 4 aliphatic heterocycles. The van der Waals surface area contributed by atoms with E-state index in [0.29, 0.717) is 24.6 Å². The lowest BCUT2D eigenvalue weighted by molar-refractivity contribution is -0.136. The van der Waals surface area contributed by atoms with Gasteiger partial charge in [0.2, 0.25) is 11.8 Å². The van der Waals surface area contributed by atoms with Crippen molar-refractivity contribution in [2.45, 2.75) is 44.4 Å². The summed E-state index contributed by atoms with van der Waals surface area (Å²) in [6.07, 6.45) is 1.93. The predicted octanol–water partition coefficient (Wildman–Crippen LogP) is 0.241. The average molecular weight is 368 g/mol. The van der Waals surface area contributed by atoms with Crippen LogP contribution in [0.4, 0.5) is 0 Å². The molecule has 3 fully saturated rings. The highest BCUT2D eigenvalue weighted by molar-refractivity contribution is 6.05. The van der Waals surface area contributed by atoms with Crippen molar-refractivity contribution in [1.29, 1.82) is 0 Å². The fourth-order valence-electron chi connectivity index (χ4n) is 4.79. The maximum atomic E-state index is 12.9. The first-order valence-corrected chi connectivity index (χ1v) is 9.81. The second-order valence-electron chi connectivity index (χ2n) is 8.19. The van der Waals surface area contributed by atoms with Crippen LogP contribution in [-0.4, -0.2) is 59.2 Å². The second-order valence-corrected chi connectivity index (χ2v) is 8.19. The Hall–Kier alpha value is -2.25. The van der Waals surface area contributed by atoms with Crippen molar-refractivity contribution < 1.29 is 14.4 Å². The van der Waals surface area contributed by atoms with E-state index in [1.165, 1.54) is 6.42 Å². The number of hydrogen-bond donors (Lipinski definition) is 2. The van der Waals surface area contributed by atoms with Crippen LogP contribution >= 0.6 is 0 Å². The molecule has 3 unspecified atom stereocenters. The van der Waals surface area contributed by atoms with Gasteiger partial charge in [-0.1, -0.05) is 12.1 Å². The third kappa shape index (κ3) is 2.95. The number of carbonyl (C=O) groups is 3. The summed E-state index contributed by atoms with van der Waals surface area (Å²) in [5.74, 6) is 0.126. The molecule has 3 amide bonds. The third-order valence-corrected chi connectivity index (χ3v) is 6.48. The van der Waals surface area contributed by atoms with Gasteiger partial charge in [0.1, 0.15) is 6.04 Å². The minimum Gasteiger partial charge on any atom is -0.322 e. The Morgan fingerprint density at radius 1 is 1.15 bits per heavy atom. The topological polar surface area (TPSA) is 81.8 Å². The highest BCUT2D eigenvalue weighted by atomic mass is 16.2. The van der Waals surface area contributed by atoms with Gasteiger partial charge in [0.05, 0.1) is 0 Å². The quantitative estimate of drug-likeness (QED) is 0.747. The van der Waals surface area contributed by atoms with Crippen molar-refractivity contribution in [2.24, 2.45) is 5.92 Å². The molecule has 142 valence electrons. The highest BCUT2D eigenvalue weighted by Crippen LogP contribution is 2.29. The largest absolute Gasteiger partial charge is 0.322 e. The molecule has 3 saturated heterocycles. The van der Waals surface area contributed by atoms with Crippen LogP contribution in [0.2, 0.25) is 0 Å². The zero-order chi connectivity index (χ0) is 18.5. The molecule has 0 bridgehead atoms. The summed E-state index contributed by atoms with van der Waals surface area (Å²) in [6.45, 7) is 4.62. The van der Waals surface area contributed by atoms with Crippen LogP contribution in [0.1, 0.15) is 40.7 Å². The minimum atomic E-state index is -0.547. The summed E-state index contributed by atoms with van der Waals surface area (Å²) >= 11 is 0.